The summed E-state index contributed by atoms with van der Waals surface area (Å²) in [6.45, 7) is 0. The van der Waals surface area contributed by atoms with Crippen molar-refractivity contribution >= 4 is 17.1 Å². The number of nitrogen functional groups attached to an aromatic ring is 1. The molecule has 0 amide bonds. The molecule has 21 heavy (non-hydrogen) atoms. The van der Waals surface area contributed by atoms with Gasteiger partial charge < -0.3 is 15.4 Å². The topological polar surface area (TPSA) is 38.5 Å². The van der Waals surface area contributed by atoms with Gasteiger partial charge in [0.2, 0.25) is 0 Å². The molecule has 6 heteroatoms. The molecule has 0 radical (unpaired) electrons. The van der Waals surface area contributed by atoms with Crippen molar-refractivity contribution in [1.29, 1.82) is 0 Å². The fourth-order valence-corrected chi connectivity index (χ4v) is 1.95. The van der Waals surface area contributed by atoms with Gasteiger partial charge in [-0.3, -0.25) is 0 Å². The molecule has 0 aliphatic rings. The Labute approximate surface area is 120 Å². The lowest BCUT2D eigenvalue weighted by molar-refractivity contribution is -0.136. The standard InChI is InChI=1S/C15H15F3N2O/c1-20(10-3-6-12(21-2)7-4-10)11-5-8-14(19)13(9-11)15(16,17)18/h3-9H,19H2,1-2H3. The van der Waals surface area contributed by atoms with Gasteiger partial charge in [-0.25, -0.2) is 0 Å². The van der Waals surface area contributed by atoms with E-state index in [4.69, 9.17) is 10.5 Å². The van der Waals surface area contributed by atoms with Gasteiger partial charge in [-0.05, 0) is 42.5 Å². The van der Waals surface area contributed by atoms with Crippen LogP contribution < -0.4 is 15.4 Å². The molecule has 0 aliphatic carbocycles. The average Bonchev–Trinajstić information content (AvgIpc) is 2.46. The first-order valence-corrected chi connectivity index (χ1v) is 6.17. The van der Waals surface area contributed by atoms with Crippen LogP contribution in [0, 0.1) is 0 Å². The van der Waals surface area contributed by atoms with E-state index in [1.54, 1.807) is 49.4 Å². The van der Waals surface area contributed by atoms with Crippen molar-refractivity contribution in [2.45, 2.75) is 6.18 Å². The number of methoxy groups -OCH3 is 1. The first-order valence-electron chi connectivity index (χ1n) is 6.17. The lowest BCUT2D eigenvalue weighted by Crippen LogP contribution is -2.13. The second-order valence-electron chi connectivity index (χ2n) is 4.53. The van der Waals surface area contributed by atoms with Gasteiger partial charge in [0.05, 0.1) is 12.7 Å². The van der Waals surface area contributed by atoms with Gasteiger partial charge in [-0.15, -0.1) is 0 Å². The van der Waals surface area contributed by atoms with Crippen LogP contribution in [0.15, 0.2) is 42.5 Å². The van der Waals surface area contributed by atoms with Gasteiger partial charge in [0.1, 0.15) is 5.75 Å². The highest BCUT2D eigenvalue weighted by atomic mass is 19.4. The first kappa shape index (κ1) is 15.0. The third-order valence-corrected chi connectivity index (χ3v) is 3.19. The predicted octanol–water partition coefficient (Wildman–Crippen LogP) is 4.06. The quantitative estimate of drug-likeness (QED) is 0.868. The summed E-state index contributed by atoms with van der Waals surface area (Å²) in [5.41, 5.74) is 5.43. The third kappa shape index (κ3) is 3.21. The smallest absolute Gasteiger partial charge is 0.418 e. The van der Waals surface area contributed by atoms with Crippen molar-refractivity contribution in [2.75, 3.05) is 24.8 Å². The molecule has 0 atom stereocenters. The summed E-state index contributed by atoms with van der Waals surface area (Å²) in [6.07, 6.45) is -4.47. The summed E-state index contributed by atoms with van der Waals surface area (Å²) in [5, 5.41) is 0. The first-order chi connectivity index (χ1) is 9.82. The Morgan fingerprint density at radius 3 is 2.10 bits per heavy atom. The number of alkyl halides is 3. The Morgan fingerprint density at radius 1 is 1.00 bits per heavy atom. The SMILES string of the molecule is COc1ccc(N(C)c2ccc(N)c(C(F)(F)F)c2)cc1. The molecular weight excluding hydrogens is 281 g/mol. The molecule has 0 aliphatic heterocycles. The summed E-state index contributed by atoms with van der Waals surface area (Å²) < 4.78 is 43.7. The summed E-state index contributed by atoms with van der Waals surface area (Å²) >= 11 is 0. The van der Waals surface area contributed by atoms with Crippen molar-refractivity contribution < 1.29 is 17.9 Å². The van der Waals surface area contributed by atoms with Crippen LogP contribution in [0.3, 0.4) is 0 Å². The van der Waals surface area contributed by atoms with Crippen LogP contribution in [0.1, 0.15) is 5.56 Å². The van der Waals surface area contributed by atoms with Crippen LogP contribution in [-0.2, 0) is 6.18 Å². The molecule has 0 fully saturated rings. The van der Waals surface area contributed by atoms with Crippen LogP contribution in [0.2, 0.25) is 0 Å². The fraction of sp³-hybridized carbons (Fsp3) is 0.200. The maximum atomic E-state index is 12.9. The van der Waals surface area contributed by atoms with E-state index in [0.29, 0.717) is 11.4 Å². The van der Waals surface area contributed by atoms with Gasteiger partial charge in [-0.1, -0.05) is 0 Å². The highest BCUT2D eigenvalue weighted by Gasteiger charge is 2.33. The molecule has 0 spiro atoms. The molecule has 0 saturated carbocycles. The molecule has 0 heterocycles. The van der Waals surface area contributed by atoms with E-state index in [0.717, 1.165) is 11.8 Å². The Kier molecular flexibility index (Phi) is 3.97. The summed E-state index contributed by atoms with van der Waals surface area (Å²) in [4.78, 5) is 1.65. The van der Waals surface area contributed by atoms with Gasteiger partial charge in [0.15, 0.2) is 0 Å². The van der Waals surface area contributed by atoms with Crippen molar-refractivity contribution in [1.82, 2.24) is 0 Å². The lowest BCUT2D eigenvalue weighted by Gasteiger charge is -2.21. The Morgan fingerprint density at radius 2 is 1.57 bits per heavy atom. The number of hydrogen-bond donors (Lipinski definition) is 1. The zero-order chi connectivity index (χ0) is 15.6. The Balaban J connectivity index is 2.36. The zero-order valence-corrected chi connectivity index (χ0v) is 11.6. The van der Waals surface area contributed by atoms with Gasteiger partial charge in [0.25, 0.3) is 0 Å². The molecule has 0 bridgehead atoms. The number of ether oxygens (including phenoxy) is 1. The molecule has 2 aromatic rings. The van der Waals surface area contributed by atoms with Gasteiger partial charge in [0, 0.05) is 24.1 Å². The minimum Gasteiger partial charge on any atom is -0.497 e. The minimum absolute atomic E-state index is 0.283. The molecule has 0 saturated heterocycles. The van der Waals surface area contributed by atoms with E-state index in [2.05, 4.69) is 0 Å². The summed E-state index contributed by atoms with van der Waals surface area (Å²) in [7, 11) is 3.24. The lowest BCUT2D eigenvalue weighted by atomic mass is 10.1. The number of nitrogens with two attached hydrogens (primary N) is 1. The van der Waals surface area contributed by atoms with Crippen LogP contribution >= 0.6 is 0 Å². The van der Waals surface area contributed by atoms with Gasteiger partial charge >= 0.3 is 6.18 Å². The Bertz CT molecular complexity index is 624. The monoisotopic (exact) mass is 296 g/mol. The van der Waals surface area contributed by atoms with Crippen molar-refractivity contribution in [2.24, 2.45) is 0 Å². The number of hydrogen-bond acceptors (Lipinski definition) is 3. The van der Waals surface area contributed by atoms with Gasteiger partial charge in [-0.2, -0.15) is 13.2 Å². The summed E-state index contributed by atoms with van der Waals surface area (Å²) in [5.74, 6) is 0.681. The van der Waals surface area contributed by atoms with Crippen LogP contribution in [0.5, 0.6) is 5.75 Å². The molecular formula is C15H15F3N2O. The molecule has 2 rings (SSSR count). The molecule has 2 aromatic carbocycles. The molecule has 0 aromatic heterocycles. The van der Waals surface area contributed by atoms with E-state index in [1.807, 2.05) is 0 Å². The normalized spacial score (nSPS) is 11.3. The molecule has 0 unspecified atom stereocenters. The van der Waals surface area contributed by atoms with Crippen LogP contribution in [-0.4, -0.2) is 14.2 Å². The number of halogens is 3. The second-order valence-corrected chi connectivity index (χ2v) is 4.53. The van der Waals surface area contributed by atoms with Crippen molar-refractivity contribution in [3.05, 3.63) is 48.0 Å². The number of nitrogens with zero attached hydrogens (tertiary/aromatic N) is 1. The average molecular weight is 296 g/mol. The largest absolute Gasteiger partial charge is 0.497 e. The molecule has 112 valence electrons. The predicted molar refractivity (Wildman–Crippen MR) is 76.9 cm³/mol. The van der Waals surface area contributed by atoms with Crippen molar-refractivity contribution in [3.8, 4) is 5.75 Å². The van der Waals surface area contributed by atoms with Crippen LogP contribution in [0.25, 0.3) is 0 Å². The van der Waals surface area contributed by atoms with E-state index in [9.17, 15) is 13.2 Å². The summed E-state index contributed by atoms with van der Waals surface area (Å²) in [6, 6.07) is 10.9. The highest BCUT2D eigenvalue weighted by Crippen LogP contribution is 2.37. The highest BCUT2D eigenvalue weighted by molar-refractivity contribution is 5.67. The zero-order valence-electron chi connectivity index (χ0n) is 11.6. The molecule has 2 N–H and O–H groups in total. The fourth-order valence-electron chi connectivity index (χ4n) is 1.95. The minimum atomic E-state index is -4.47. The third-order valence-electron chi connectivity index (χ3n) is 3.19. The van der Waals surface area contributed by atoms with Crippen LogP contribution in [0.4, 0.5) is 30.2 Å². The van der Waals surface area contributed by atoms with E-state index in [1.165, 1.54) is 6.07 Å². The number of anilines is 3. The Hall–Kier alpha value is -2.37. The van der Waals surface area contributed by atoms with E-state index in [-0.39, 0.29) is 5.69 Å². The maximum Gasteiger partial charge on any atom is 0.418 e. The van der Waals surface area contributed by atoms with E-state index < -0.39 is 11.7 Å². The second kappa shape index (κ2) is 5.55. The number of benzene rings is 2. The number of rotatable bonds is 3. The van der Waals surface area contributed by atoms with E-state index >= 15 is 0 Å². The molecule has 3 nitrogen and oxygen atoms in total. The maximum absolute atomic E-state index is 12.9. The van der Waals surface area contributed by atoms with Crippen molar-refractivity contribution in [3.63, 3.8) is 0 Å².